The number of carbonyl (C=O) groups excluding carboxylic acids is 2. The van der Waals surface area contributed by atoms with E-state index in [4.69, 9.17) is 26.3 Å². The van der Waals surface area contributed by atoms with Gasteiger partial charge >= 0.3 is 12.0 Å². The molecule has 2 saturated heterocycles. The lowest BCUT2D eigenvalue weighted by atomic mass is 10.0. The highest BCUT2D eigenvalue weighted by molar-refractivity contribution is 6.36. The molecular formula is C33H39ClN6O4. The molecule has 232 valence electrons. The van der Waals surface area contributed by atoms with Crippen molar-refractivity contribution in [1.82, 2.24) is 19.8 Å². The van der Waals surface area contributed by atoms with Crippen molar-refractivity contribution < 1.29 is 19.1 Å². The van der Waals surface area contributed by atoms with Gasteiger partial charge in [-0.15, -0.1) is 0 Å². The summed E-state index contributed by atoms with van der Waals surface area (Å²) in [5, 5.41) is 2.89. The Bertz CT molecular complexity index is 1580. The second-order valence-corrected chi connectivity index (χ2v) is 12.2. The topological polar surface area (TPSA) is 91.3 Å². The van der Waals surface area contributed by atoms with E-state index in [-0.39, 0.29) is 11.9 Å². The minimum Gasteiger partial charge on any atom is -0.466 e. The highest BCUT2D eigenvalue weighted by Crippen LogP contribution is 2.37. The van der Waals surface area contributed by atoms with E-state index < -0.39 is 5.97 Å². The van der Waals surface area contributed by atoms with E-state index in [1.807, 2.05) is 19.2 Å². The molecule has 2 atom stereocenters. The third kappa shape index (κ3) is 6.19. The van der Waals surface area contributed by atoms with Gasteiger partial charge < -0.3 is 29.1 Å². The molecule has 3 aliphatic heterocycles. The summed E-state index contributed by atoms with van der Waals surface area (Å²) in [7, 11) is 5.46. The number of halogens is 1. The number of rotatable bonds is 8. The maximum Gasteiger partial charge on any atom is 0.330 e. The minimum atomic E-state index is -0.546. The van der Waals surface area contributed by atoms with Crippen LogP contribution in [0.25, 0.3) is 10.8 Å². The summed E-state index contributed by atoms with van der Waals surface area (Å²) in [5.74, 6) is 0.102. The fourth-order valence-corrected chi connectivity index (χ4v) is 6.87. The maximum absolute atomic E-state index is 12.7. The van der Waals surface area contributed by atoms with Gasteiger partial charge in [-0.2, -0.15) is 9.97 Å². The van der Waals surface area contributed by atoms with E-state index in [1.165, 1.54) is 19.3 Å². The van der Waals surface area contributed by atoms with Crippen LogP contribution in [0, 0.1) is 0 Å². The second kappa shape index (κ2) is 13.0. The number of anilines is 2. The van der Waals surface area contributed by atoms with Gasteiger partial charge in [-0.1, -0.05) is 35.9 Å². The lowest BCUT2D eigenvalue weighted by molar-refractivity contribution is -0.135. The smallest absolute Gasteiger partial charge is 0.330 e. The number of nitrogens with zero attached hydrogens (tertiary/aromatic N) is 6. The highest BCUT2D eigenvalue weighted by Gasteiger charge is 2.33. The predicted octanol–water partition coefficient (Wildman–Crippen LogP) is 4.09. The van der Waals surface area contributed by atoms with Crippen molar-refractivity contribution >= 4 is 45.8 Å². The summed E-state index contributed by atoms with van der Waals surface area (Å²) in [5.41, 5.74) is 3.14. The second-order valence-electron chi connectivity index (χ2n) is 11.8. The Balaban J connectivity index is 1.28. The average molecular weight is 619 g/mol. The fraction of sp³-hybridized carbons (Fsp3) is 0.455. The Labute approximate surface area is 263 Å². The number of fused-ring (bicyclic) bond motifs is 2. The van der Waals surface area contributed by atoms with Crippen molar-refractivity contribution in [2.45, 2.75) is 44.3 Å². The molecule has 6 rings (SSSR count). The summed E-state index contributed by atoms with van der Waals surface area (Å²) < 4.78 is 10.9. The van der Waals surface area contributed by atoms with Crippen LogP contribution < -0.4 is 14.5 Å². The summed E-state index contributed by atoms with van der Waals surface area (Å²) in [6.07, 6.45) is 6.26. The van der Waals surface area contributed by atoms with Gasteiger partial charge in [0.1, 0.15) is 12.4 Å². The van der Waals surface area contributed by atoms with Crippen molar-refractivity contribution in [3.63, 3.8) is 0 Å². The van der Waals surface area contributed by atoms with E-state index in [9.17, 15) is 9.59 Å². The molecule has 10 nitrogen and oxygen atoms in total. The van der Waals surface area contributed by atoms with Crippen LogP contribution in [0.15, 0.2) is 48.6 Å². The normalized spacial score (nSPS) is 20.4. The predicted molar refractivity (Wildman–Crippen MR) is 171 cm³/mol. The van der Waals surface area contributed by atoms with Gasteiger partial charge in [0.2, 0.25) is 5.91 Å². The Morgan fingerprint density at radius 1 is 1.09 bits per heavy atom. The maximum atomic E-state index is 12.7. The lowest BCUT2D eigenvalue weighted by Gasteiger charge is -2.35. The molecule has 1 unspecified atom stereocenters. The van der Waals surface area contributed by atoms with Crippen LogP contribution >= 0.6 is 11.6 Å². The molecule has 11 heteroatoms. The van der Waals surface area contributed by atoms with Crippen LogP contribution in [0.2, 0.25) is 5.02 Å². The molecule has 0 spiro atoms. The Hall–Kier alpha value is -3.89. The number of likely N-dealkylation sites (tertiary alicyclic amines) is 2. The molecule has 0 aliphatic carbocycles. The molecule has 3 aromatic rings. The highest BCUT2D eigenvalue weighted by atomic mass is 35.5. The Morgan fingerprint density at radius 2 is 1.91 bits per heavy atom. The summed E-state index contributed by atoms with van der Waals surface area (Å²) in [6, 6.07) is 13.1. The molecule has 0 saturated carbocycles. The van der Waals surface area contributed by atoms with Crippen molar-refractivity contribution in [3.05, 3.63) is 64.8 Å². The number of amides is 1. The SMILES string of the molecule is COC(=O)/C=C/C(=O)N1CCC(N(C)c2nc(OC[C@@H]3CCCN3C)nc3c2CCN(c2cccc4cccc(Cl)c24)C3)C1. The standard InChI is InChI=1S/C33H39ClN6O4/c1-37-16-6-9-24(37)21-44-33-35-27-20-39(28-11-5-8-22-7-4-10-26(34)31(22)28)18-15-25(27)32(36-33)38(2)23-14-17-40(19-23)29(41)12-13-30(42)43-3/h4-5,7-8,10-13,23-24H,6,9,14-21H2,1-3H3/b13-12+/t23?,24-/m0/s1. The molecule has 44 heavy (non-hydrogen) atoms. The fourth-order valence-electron chi connectivity index (χ4n) is 6.59. The summed E-state index contributed by atoms with van der Waals surface area (Å²) >= 11 is 6.70. The largest absolute Gasteiger partial charge is 0.466 e. The van der Waals surface area contributed by atoms with E-state index in [0.29, 0.717) is 38.3 Å². The van der Waals surface area contributed by atoms with Crippen molar-refractivity contribution in [2.75, 3.05) is 63.8 Å². The van der Waals surface area contributed by atoms with Crippen LogP contribution in [0.4, 0.5) is 11.5 Å². The number of aromatic nitrogens is 2. The van der Waals surface area contributed by atoms with Gasteiger partial charge in [0.25, 0.3) is 0 Å². The molecule has 0 N–H and O–H groups in total. The molecule has 3 aliphatic rings. The first kappa shape index (κ1) is 30.1. The Morgan fingerprint density at radius 3 is 2.68 bits per heavy atom. The first-order chi connectivity index (χ1) is 21.3. The molecule has 1 aromatic heterocycles. The van der Waals surface area contributed by atoms with Crippen LogP contribution in [0.5, 0.6) is 6.01 Å². The zero-order valence-electron chi connectivity index (χ0n) is 25.5. The van der Waals surface area contributed by atoms with Crippen molar-refractivity contribution in [2.24, 2.45) is 0 Å². The molecule has 2 fully saturated rings. The monoisotopic (exact) mass is 618 g/mol. The molecular weight excluding hydrogens is 580 g/mol. The van der Waals surface area contributed by atoms with E-state index >= 15 is 0 Å². The summed E-state index contributed by atoms with van der Waals surface area (Å²) in [4.78, 5) is 42.8. The molecule has 0 bridgehead atoms. The third-order valence-electron chi connectivity index (χ3n) is 9.19. The van der Waals surface area contributed by atoms with Crippen molar-refractivity contribution in [1.29, 1.82) is 0 Å². The summed E-state index contributed by atoms with van der Waals surface area (Å²) in [6.45, 7) is 4.14. The minimum absolute atomic E-state index is 0.0631. The van der Waals surface area contributed by atoms with Crippen LogP contribution in [0.1, 0.15) is 30.5 Å². The number of ether oxygens (including phenoxy) is 2. The number of benzene rings is 2. The first-order valence-electron chi connectivity index (χ1n) is 15.2. The van der Waals surface area contributed by atoms with Crippen LogP contribution in [-0.2, 0) is 27.3 Å². The number of carbonyl (C=O) groups is 2. The van der Waals surface area contributed by atoms with Gasteiger partial charge in [-0.25, -0.2) is 4.79 Å². The Kier molecular flexibility index (Phi) is 8.91. The van der Waals surface area contributed by atoms with E-state index in [2.05, 4.69) is 50.7 Å². The molecule has 2 aromatic carbocycles. The number of hydrogen-bond donors (Lipinski definition) is 0. The van der Waals surface area contributed by atoms with Gasteiger partial charge in [0.05, 0.1) is 24.4 Å². The third-order valence-corrected chi connectivity index (χ3v) is 9.51. The average Bonchev–Trinajstić information content (AvgIpc) is 3.70. The number of methoxy groups -OCH3 is 1. The van der Waals surface area contributed by atoms with Gasteiger partial charge in [0.15, 0.2) is 0 Å². The van der Waals surface area contributed by atoms with Crippen LogP contribution in [-0.4, -0.2) is 97.7 Å². The van der Waals surface area contributed by atoms with Crippen LogP contribution in [0.3, 0.4) is 0 Å². The quantitative estimate of drug-likeness (QED) is 0.274. The number of esters is 1. The molecule has 1 amide bonds. The van der Waals surface area contributed by atoms with Gasteiger partial charge in [0, 0.05) is 67.6 Å². The lowest BCUT2D eigenvalue weighted by Crippen LogP contribution is -2.39. The first-order valence-corrected chi connectivity index (χ1v) is 15.6. The van der Waals surface area contributed by atoms with E-state index in [1.54, 1.807) is 4.90 Å². The van der Waals surface area contributed by atoms with E-state index in [0.717, 1.165) is 77.3 Å². The number of hydrogen-bond acceptors (Lipinski definition) is 9. The zero-order chi connectivity index (χ0) is 30.8. The van der Waals surface area contributed by atoms with Gasteiger partial charge in [-0.3, -0.25) is 4.79 Å². The zero-order valence-corrected chi connectivity index (χ0v) is 26.3. The molecule has 4 heterocycles. The van der Waals surface area contributed by atoms with Gasteiger partial charge in [-0.05, 0) is 56.8 Å². The van der Waals surface area contributed by atoms with Crippen molar-refractivity contribution in [3.8, 4) is 6.01 Å². The molecule has 0 radical (unpaired) electrons. The number of likely N-dealkylation sites (N-methyl/N-ethyl adjacent to an activating group) is 2.